The van der Waals surface area contributed by atoms with Gasteiger partial charge in [-0.25, -0.2) is 0 Å². The normalized spacial score (nSPS) is 20.8. The van der Waals surface area contributed by atoms with E-state index in [0.29, 0.717) is 38.2 Å². The minimum atomic E-state index is -0.462. The Morgan fingerprint density at radius 3 is 2.74 bits per heavy atom. The van der Waals surface area contributed by atoms with Crippen LogP contribution in [0.2, 0.25) is 5.15 Å². The highest BCUT2D eigenvalue weighted by atomic mass is 35.5. The summed E-state index contributed by atoms with van der Waals surface area (Å²) in [6, 6.07) is 0.960. The maximum absolute atomic E-state index is 12.6. The van der Waals surface area contributed by atoms with Crippen LogP contribution in [0.4, 0.5) is 0 Å². The Hall–Kier alpha value is -1.60. The van der Waals surface area contributed by atoms with Crippen molar-refractivity contribution >= 4 is 23.4 Å². The third-order valence-corrected chi connectivity index (χ3v) is 4.31. The molecule has 0 aliphatic carbocycles. The van der Waals surface area contributed by atoms with Gasteiger partial charge in [0.1, 0.15) is 11.8 Å². The maximum atomic E-state index is 12.6. The zero-order chi connectivity index (χ0) is 17.0. The highest BCUT2D eigenvalue weighted by Crippen LogP contribution is 2.21. The van der Waals surface area contributed by atoms with Crippen LogP contribution < -0.4 is 5.73 Å². The summed E-state index contributed by atoms with van der Waals surface area (Å²) in [5.41, 5.74) is 5.97. The number of carbonyl (C=O) groups excluding carboxylic acids is 2. The van der Waals surface area contributed by atoms with E-state index in [0.717, 1.165) is 0 Å². The fourth-order valence-corrected chi connectivity index (χ4v) is 3.06. The number of aromatic nitrogens is 1. The average Bonchev–Trinajstić information content (AvgIpc) is 3.11. The van der Waals surface area contributed by atoms with Crippen molar-refractivity contribution in [1.29, 1.82) is 0 Å². The molecule has 2 atom stereocenters. The number of rotatable bonds is 6. The van der Waals surface area contributed by atoms with Gasteiger partial charge < -0.3 is 20.1 Å². The van der Waals surface area contributed by atoms with Crippen molar-refractivity contribution in [3.05, 3.63) is 17.0 Å². The molecule has 1 saturated heterocycles. The van der Waals surface area contributed by atoms with Crippen molar-refractivity contribution in [2.45, 2.75) is 45.2 Å². The lowest BCUT2D eigenvalue weighted by Crippen LogP contribution is -2.47. The molecule has 8 heteroatoms. The van der Waals surface area contributed by atoms with E-state index in [2.05, 4.69) is 5.16 Å². The highest BCUT2D eigenvalue weighted by molar-refractivity contribution is 6.29. The van der Waals surface area contributed by atoms with Crippen LogP contribution in [-0.4, -0.2) is 58.5 Å². The van der Waals surface area contributed by atoms with Crippen LogP contribution in [0.1, 0.15) is 32.4 Å². The van der Waals surface area contributed by atoms with Crippen LogP contribution in [-0.2, 0) is 16.0 Å². The quantitative estimate of drug-likeness (QED) is 0.834. The summed E-state index contributed by atoms with van der Waals surface area (Å²) in [5, 5.41) is 3.85. The zero-order valence-corrected chi connectivity index (χ0v) is 14.3. The number of nitrogens with zero attached hydrogens (tertiary/aromatic N) is 3. The van der Waals surface area contributed by atoms with Gasteiger partial charge in [0.25, 0.3) is 0 Å². The number of amides is 2. The molecule has 0 spiro atoms. The van der Waals surface area contributed by atoms with E-state index in [1.54, 1.807) is 15.9 Å². The number of aryl methyl sites for hydroxylation is 1. The lowest BCUT2D eigenvalue weighted by Gasteiger charge is -2.28. The van der Waals surface area contributed by atoms with Gasteiger partial charge in [0.2, 0.25) is 11.8 Å². The van der Waals surface area contributed by atoms with E-state index in [-0.39, 0.29) is 29.4 Å². The predicted octanol–water partition coefficient (Wildman–Crippen LogP) is 1.06. The summed E-state index contributed by atoms with van der Waals surface area (Å²) in [5.74, 6) is 0.424. The Morgan fingerprint density at radius 1 is 1.48 bits per heavy atom. The minimum Gasteiger partial charge on any atom is -0.360 e. The van der Waals surface area contributed by atoms with Crippen LogP contribution >= 0.6 is 11.6 Å². The first-order valence-electron chi connectivity index (χ1n) is 7.91. The Labute approximate surface area is 140 Å². The van der Waals surface area contributed by atoms with Crippen molar-refractivity contribution in [2.75, 3.05) is 19.6 Å². The molecular formula is C15H23ClN4O3. The molecule has 1 aromatic heterocycles. The number of halogens is 1. The SMILES string of the molecule is CCN(CC)C(=O)[C@@H]1C[C@H](N)CN1C(=O)CCc1cc(Cl)no1. The number of nitrogens with two attached hydrogens (primary N) is 1. The Morgan fingerprint density at radius 2 is 2.17 bits per heavy atom. The topological polar surface area (TPSA) is 92.7 Å². The van der Waals surface area contributed by atoms with Gasteiger partial charge in [0.15, 0.2) is 5.15 Å². The van der Waals surface area contributed by atoms with Crippen molar-refractivity contribution in [3.63, 3.8) is 0 Å². The summed E-state index contributed by atoms with van der Waals surface area (Å²) >= 11 is 5.69. The van der Waals surface area contributed by atoms with Gasteiger partial charge in [-0.05, 0) is 20.3 Å². The highest BCUT2D eigenvalue weighted by Gasteiger charge is 2.39. The Kier molecular flexibility index (Phi) is 6.01. The molecule has 1 fully saturated rings. The summed E-state index contributed by atoms with van der Waals surface area (Å²) < 4.78 is 4.99. The molecule has 2 heterocycles. The summed E-state index contributed by atoms with van der Waals surface area (Å²) in [6.45, 7) is 5.51. The van der Waals surface area contributed by atoms with Crippen LogP contribution in [0.3, 0.4) is 0 Å². The molecule has 0 radical (unpaired) electrons. The van der Waals surface area contributed by atoms with Gasteiger partial charge in [0.05, 0.1) is 0 Å². The smallest absolute Gasteiger partial charge is 0.245 e. The predicted molar refractivity (Wildman–Crippen MR) is 85.9 cm³/mol. The zero-order valence-electron chi connectivity index (χ0n) is 13.5. The molecular weight excluding hydrogens is 320 g/mol. The molecule has 1 aliphatic rings. The van der Waals surface area contributed by atoms with Crippen molar-refractivity contribution in [3.8, 4) is 0 Å². The lowest BCUT2D eigenvalue weighted by atomic mass is 10.1. The first-order chi connectivity index (χ1) is 11.0. The molecule has 2 amide bonds. The first kappa shape index (κ1) is 17.7. The van der Waals surface area contributed by atoms with E-state index in [1.165, 1.54) is 0 Å². The molecule has 0 saturated carbocycles. The molecule has 2 N–H and O–H groups in total. The molecule has 2 rings (SSSR count). The number of likely N-dealkylation sites (tertiary alicyclic amines) is 1. The Balaban J connectivity index is 2.00. The third kappa shape index (κ3) is 4.23. The summed E-state index contributed by atoms with van der Waals surface area (Å²) in [4.78, 5) is 28.4. The van der Waals surface area contributed by atoms with E-state index in [1.807, 2.05) is 13.8 Å². The van der Waals surface area contributed by atoms with E-state index >= 15 is 0 Å². The van der Waals surface area contributed by atoms with Crippen molar-refractivity contribution in [1.82, 2.24) is 15.0 Å². The second kappa shape index (κ2) is 7.79. The van der Waals surface area contributed by atoms with Crippen LogP contribution in [0.25, 0.3) is 0 Å². The molecule has 0 aromatic carbocycles. The standard InChI is InChI=1S/C15H23ClN4O3/c1-3-19(4-2)15(22)12-7-10(17)9-20(12)14(21)6-5-11-8-13(16)18-23-11/h8,10,12H,3-7,9,17H2,1-2H3/t10-,12-/m0/s1. The molecule has 0 unspecified atom stereocenters. The van der Waals surface area contributed by atoms with Crippen LogP contribution in [0, 0.1) is 0 Å². The number of carbonyl (C=O) groups is 2. The van der Waals surface area contributed by atoms with E-state index in [9.17, 15) is 9.59 Å². The number of hydrogen-bond acceptors (Lipinski definition) is 5. The van der Waals surface area contributed by atoms with Gasteiger partial charge >= 0.3 is 0 Å². The lowest BCUT2D eigenvalue weighted by molar-refractivity contribution is -0.143. The monoisotopic (exact) mass is 342 g/mol. The molecule has 7 nitrogen and oxygen atoms in total. The van der Waals surface area contributed by atoms with Crippen molar-refractivity contribution in [2.24, 2.45) is 5.73 Å². The van der Waals surface area contributed by atoms with Gasteiger partial charge in [-0.1, -0.05) is 16.8 Å². The first-order valence-corrected chi connectivity index (χ1v) is 8.29. The second-order valence-corrected chi connectivity index (χ2v) is 6.07. The molecule has 1 aromatic rings. The largest absolute Gasteiger partial charge is 0.360 e. The van der Waals surface area contributed by atoms with Crippen LogP contribution in [0.15, 0.2) is 10.6 Å². The third-order valence-electron chi connectivity index (χ3n) is 4.13. The fraction of sp³-hybridized carbons (Fsp3) is 0.667. The second-order valence-electron chi connectivity index (χ2n) is 5.68. The summed E-state index contributed by atoms with van der Waals surface area (Å²) in [7, 11) is 0. The molecule has 128 valence electrons. The Bertz CT molecular complexity index is 559. The van der Waals surface area contributed by atoms with Gasteiger partial charge in [0, 0.05) is 44.6 Å². The number of likely N-dealkylation sites (N-methyl/N-ethyl adjacent to an activating group) is 1. The molecule has 23 heavy (non-hydrogen) atoms. The van der Waals surface area contributed by atoms with Crippen molar-refractivity contribution < 1.29 is 14.1 Å². The van der Waals surface area contributed by atoms with E-state index < -0.39 is 6.04 Å². The van der Waals surface area contributed by atoms with E-state index in [4.69, 9.17) is 21.9 Å². The number of hydrogen-bond donors (Lipinski definition) is 1. The van der Waals surface area contributed by atoms with Crippen LogP contribution in [0.5, 0.6) is 0 Å². The average molecular weight is 343 g/mol. The van der Waals surface area contributed by atoms with Gasteiger partial charge in [-0.3, -0.25) is 9.59 Å². The molecule has 1 aliphatic heterocycles. The van der Waals surface area contributed by atoms with Gasteiger partial charge in [-0.2, -0.15) is 0 Å². The molecule has 0 bridgehead atoms. The van der Waals surface area contributed by atoms with Gasteiger partial charge in [-0.15, -0.1) is 0 Å². The maximum Gasteiger partial charge on any atom is 0.245 e. The minimum absolute atomic E-state index is 0.0287. The summed E-state index contributed by atoms with van der Waals surface area (Å²) in [6.07, 6.45) is 1.14. The fourth-order valence-electron chi connectivity index (χ4n) is 2.90.